The number of halogens is 1. The summed E-state index contributed by atoms with van der Waals surface area (Å²) in [5, 5.41) is 0.409. The van der Waals surface area contributed by atoms with Gasteiger partial charge in [0.25, 0.3) is 10.0 Å². The summed E-state index contributed by atoms with van der Waals surface area (Å²) in [4.78, 5) is 11.8. The molecule has 0 aliphatic heterocycles. The first-order valence-electron chi connectivity index (χ1n) is 7.57. The second-order valence-corrected chi connectivity index (χ2v) is 7.43. The highest BCUT2D eigenvalue weighted by Gasteiger charge is 2.27. The fourth-order valence-electron chi connectivity index (χ4n) is 2.09. The van der Waals surface area contributed by atoms with Crippen LogP contribution in [0.25, 0.3) is 0 Å². The number of methoxy groups -OCH3 is 1. The van der Waals surface area contributed by atoms with Crippen LogP contribution in [0.15, 0.2) is 66.1 Å². The minimum Gasteiger partial charge on any atom is -0.490 e. The topological polar surface area (TPSA) is 72.9 Å². The average Bonchev–Trinajstić information content (AvgIpc) is 2.65. The molecule has 2 aromatic carbocycles. The molecule has 0 atom stereocenters. The van der Waals surface area contributed by atoms with Crippen LogP contribution < -0.4 is 9.04 Å². The third-order valence-electron chi connectivity index (χ3n) is 3.39. The zero-order valence-corrected chi connectivity index (χ0v) is 15.7. The van der Waals surface area contributed by atoms with Crippen LogP contribution in [0.1, 0.15) is 0 Å². The number of carbonyl (C=O) groups is 1. The van der Waals surface area contributed by atoms with Crippen LogP contribution in [0.3, 0.4) is 0 Å². The molecule has 2 aromatic rings. The van der Waals surface area contributed by atoms with E-state index in [4.69, 9.17) is 16.3 Å². The van der Waals surface area contributed by atoms with Gasteiger partial charge in [-0.25, -0.2) is 8.42 Å². The van der Waals surface area contributed by atoms with E-state index in [1.54, 1.807) is 30.3 Å². The maximum absolute atomic E-state index is 13.0. The van der Waals surface area contributed by atoms with Crippen molar-refractivity contribution in [1.82, 2.24) is 0 Å². The Morgan fingerprint density at radius 1 is 1.15 bits per heavy atom. The van der Waals surface area contributed by atoms with Crippen LogP contribution in [-0.4, -0.2) is 34.6 Å². The van der Waals surface area contributed by atoms with Gasteiger partial charge >= 0.3 is 5.97 Å². The Morgan fingerprint density at radius 2 is 1.77 bits per heavy atom. The Hall–Kier alpha value is -2.51. The standard InChI is InChI=1S/C18H18ClNO5S/c1-3-12-25-16-8-6-15(7-9-16)20(13-18(21)24-2)26(22,23)17-10-4-14(19)5-11-17/h3-11H,1,12-13H2,2H3. The van der Waals surface area contributed by atoms with Crippen molar-refractivity contribution in [3.05, 3.63) is 66.2 Å². The fraction of sp³-hybridized carbons (Fsp3) is 0.167. The summed E-state index contributed by atoms with van der Waals surface area (Å²) in [5.74, 6) is -0.134. The third-order valence-corrected chi connectivity index (χ3v) is 5.43. The Morgan fingerprint density at radius 3 is 2.31 bits per heavy atom. The average molecular weight is 396 g/mol. The number of ether oxygens (including phenoxy) is 2. The molecule has 0 heterocycles. The van der Waals surface area contributed by atoms with Crippen LogP contribution in [0, 0.1) is 0 Å². The number of sulfonamides is 1. The molecule has 6 nitrogen and oxygen atoms in total. The molecule has 0 amide bonds. The molecule has 0 saturated heterocycles. The van der Waals surface area contributed by atoms with Gasteiger partial charge in [-0.15, -0.1) is 0 Å². The summed E-state index contributed by atoms with van der Waals surface area (Å²) in [6.45, 7) is 3.43. The van der Waals surface area contributed by atoms with Crippen LogP contribution in [0.5, 0.6) is 5.75 Å². The second-order valence-electron chi connectivity index (χ2n) is 5.14. The van der Waals surface area contributed by atoms with E-state index in [0.29, 0.717) is 23.1 Å². The second kappa shape index (κ2) is 8.73. The summed E-state index contributed by atoms with van der Waals surface area (Å²) >= 11 is 5.82. The number of hydrogen-bond donors (Lipinski definition) is 0. The van der Waals surface area contributed by atoms with Gasteiger partial charge in [0, 0.05) is 5.02 Å². The summed E-state index contributed by atoms with van der Waals surface area (Å²) < 4.78 is 36.9. The highest BCUT2D eigenvalue weighted by Crippen LogP contribution is 2.26. The number of benzene rings is 2. The maximum atomic E-state index is 13.0. The molecule has 0 bridgehead atoms. The molecule has 0 unspecified atom stereocenters. The van der Waals surface area contributed by atoms with Crippen molar-refractivity contribution in [2.45, 2.75) is 4.90 Å². The molecule has 138 valence electrons. The van der Waals surface area contributed by atoms with Crippen LogP contribution in [0.4, 0.5) is 5.69 Å². The first-order chi connectivity index (χ1) is 12.4. The van der Waals surface area contributed by atoms with E-state index < -0.39 is 22.5 Å². The fourth-order valence-corrected chi connectivity index (χ4v) is 3.63. The van der Waals surface area contributed by atoms with E-state index >= 15 is 0 Å². The van der Waals surface area contributed by atoms with Crippen molar-refractivity contribution in [2.75, 3.05) is 24.6 Å². The molecule has 2 rings (SSSR count). The lowest BCUT2D eigenvalue weighted by atomic mass is 10.3. The molecule has 26 heavy (non-hydrogen) atoms. The van der Waals surface area contributed by atoms with Crippen molar-refractivity contribution < 1.29 is 22.7 Å². The number of hydrogen-bond acceptors (Lipinski definition) is 5. The summed E-state index contributed by atoms with van der Waals surface area (Å²) in [5.41, 5.74) is 0.302. The monoisotopic (exact) mass is 395 g/mol. The highest BCUT2D eigenvalue weighted by atomic mass is 35.5. The molecule has 0 fully saturated rings. The van der Waals surface area contributed by atoms with E-state index in [1.807, 2.05) is 0 Å². The molecule has 8 heteroatoms. The van der Waals surface area contributed by atoms with Crippen molar-refractivity contribution in [2.24, 2.45) is 0 Å². The molecule has 0 aliphatic carbocycles. The van der Waals surface area contributed by atoms with Crippen molar-refractivity contribution >= 4 is 33.3 Å². The predicted octanol–water partition coefficient (Wildman–Crippen LogP) is 3.27. The van der Waals surface area contributed by atoms with Crippen molar-refractivity contribution in [3.63, 3.8) is 0 Å². The molecular formula is C18H18ClNO5S. The molecule has 0 aliphatic rings. The predicted molar refractivity (Wildman–Crippen MR) is 100 cm³/mol. The normalized spacial score (nSPS) is 10.8. The number of nitrogens with zero attached hydrogens (tertiary/aromatic N) is 1. The molecule has 0 aromatic heterocycles. The Balaban J connectivity index is 2.40. The molecular weight excluding hydrogens is 378 g/mol. The lowest BCUT2D eigenvalue weighted by molar-refractivity contribution is -0.138. The lowest BCUT2D eigenvalue weighted by Gasteiger charge is -2.23. The van der Waals surface area contributed by atoms with Crippen LogP contribution >= 0.6 is 11.6 Å². The maximum Gasteiger partial charge on any atom is 0.326 e. The number of esters is 1. The number of rotatable bonds is 8. The van der Waals surface area contributed by atoms with E-state index in [0.717, 1.165) is 4.31 Å². The number of anilines is 1. The quantitative estimate of drug-likeness (QED) is 0.506. The Labute approximate surface area is 157 Å². The Bertz CT molecular complexity index is 863. The van der Waals surface area contributed by atoms with Gasteiger partial charge in [-0.05, 0) is 48.5 Å². The first kappa shape index (κ1) is 19.8. The van der Waals surface area contributed by atoms with Crippen molar-refractivity contribution in [3.8, 4) is 5.75 Å². The SMILES string of the molecule is C=CCOc1ccc(N(CC(=O)OC)S(=O)(=O)c2ccc(Cl)cc2)cc1. The summed E-state index contributed by atoms with van der Waals surface area (Å²) in [6.07, 6.45) is 1.60. The van der Waals surface area contributed by atoms with E-state index in [9.17, 15) is 13.2 Å². The molecule has 0 spiro atoms. The van der Waals surface area contributed by atoms with Gasteiger partial charge in [0.15, 0.2) is 0 Å². The van der Waals surface area contributed by atoms with Crippen LogP contribution in [0.2, 0.25) is 5.02 Å². The van der Waals surface area contributed by atoms with Crippen molar-refractivity contribution in [1.29, 1.82) is 0 Å². The Kier molecular flexibility index (Phi) is 6.65. The lowest BCUT2D eigenvalue weighted by Crippen LogP contribution is -2.36. The minimum atomic E-state index is -3.99. The largest absolute Gasteiger partial charge is 0.490 e. The van der Waals surface area contributed by atoms with Gasteiger partial charge in [-0.1, -0.05) is 24.3 Å². The smallest absolute Gasteiger partial charge is 0.326 e. The van der Waals surface area contributed by atoms with Gasteiger partial charge in [0.05, 0.1) is 17.7 Å². The van der Waals surface area contributed by atoms with Gasteiger partial charge in [-0.2, -0.15) is 0 Å². The zero-order chi connectivity index (χ0) is 19.2. The first-order valence-corrected chi connectivity index (χ1v) is 9.39. The zero-order valence-electron chi connectivity index (χ0n) is 14.1. The molecule has 0 saturated carbocycles. The van der Waals surface area contributed by atoms with E-state index in [2.05, 4.69) is 11.3 Å². The summed E-state index contributed by atoms with van der Waals surface area (Å²) in [6, 6.07) is 12.0. The van der Waals surface area contributed by atoms with Gasteiger partial charge in [0.2, 0.25) is 0 Å². The van der Waals surface area contributed by atoms with E-state index in [-0.39, 0.29) is 4.90 Å². The van der Waals surface area contributed by atoms with Gasteiger partial charge in [-0.3, -0.25) is 9.10 Å². The minimum absolute atomic E-state index is 0.0118. The van der Waals surface area contributed by atoms with Gasteiger partial charge in [0.1, 0.15) is 18.9 Å². The third kappa shape index (κ3) is 4.77. The van der Waals surface area contributed by atoms with Gasteiger partial charge < -0.3 is 9.47 Å². The number of carbonyl (C=O) groups excluding carboxylic acids is 1. The molecule has 0 radical (unpaired) electrons. The van der Waals surface area contributed by atoms with E-state index in [1.165, 1.54) is 31.4 Å². The van der Waals surface area contributed by atoms with Crippen LogP contribution in [-0.2, 0) is 19.6 Å². The highest BCUT2D eigenvalue weighted by molar-refractivity contribution is 7.92. The molecule has 0 N–H and O–H groups in total. The summed E-state index contributed by atoms with van der Waals surface area (Å²) in [7, 11) is -2.79.